The molecule has 9 heteroatoms. The van der Waals surface area contributed by atoms with Crippen LogP contribution in [0, 0.1) is 0 Å². The summed E-state index contributed by atoms with van der Waals surface area (Å²) in [6.45, 7) is 5.63. The zero-order chi connectivity index (χ0) is 22.5. The molecule has 8 nitrogen and oxygen atoms in total. The Morgan fingerprint density at radius 1 is 0.774 bits per heavy atom. The molecule has 1 heterocycles. The SMILES string of the molecule is CCCCCCCCCCCCOP(=O)(O)OCC1COCCOCCCOCCO1. The van der Waals surface area contributed by atoms with E-state index >= 15 is 0 Å². The Kier molecular flexibility index (Phi) is 19.2. The van der Waals surface area contributed by atoms with Crippen molar-refractivity contribution in [2.75, 3.05) is 59.5 Å². The van der Waals surface area contributed by atoms with E-state index in [1.54, 1.807) is 0 Å². The van der Waals surface area contributed by atoms with Gasteiger partial charge in [-0.3, -0.25) is 9.05 Å². The highest BCUT2D eigenvalue weighted by Crippen LogP contribution is 2.43. The molecule has 1 rings (SSSR count). The summed E-state index contributed by atoms with van der Waals surface area (Å²) < 4.78 is 44.4. The highest BCUT2D eigenvalue weighted by atomic mass is 31.2. The van der Waals surface area contributed by atoms with E-state index in [1.165, 1.54) is 44.9 Å². The van der Waals surface area contributed by atoms with Crippen LogP contribution in [0.15, 0.2) is 0 Å². The van der Waals surface area contributed by atoms with Gasteiger partial charge in [0.25, 0.3) is 0 Å². The number of hydrogen-bond acceptors (Lipinski definition) is 7. The lowest BCUT2D eigenvalue weighted by atomic mass is 10.1. The molecular formula is C22H45O8P. The van der Waals surface area contributed by atoms with Gasteiger partial charge in [-0.2, -0.15) is 0 Å². The summed E-state index contributed by atoms with van der Waals surface area (Å²) in [7, 11) is -4.09. The topological polar surface area (TPSA) is 92.7 Å². The monoisotopic (exact) mass is 468 g/mol. The first-order chi connectivity index (χ1) is 15.1. The number of unbranched alkanes of at least 4 members (excludes halogenated alkanes) is 9. The van der Waals surface area contributed by atoms with E-state index in [2.05, 4.69) is 6.92 Å². The molecule has 1 saturated heterocycles. The third-order valence-electron chi connectivity index (χ3n) is 5.01. The van der Waals surface area contributed by atoms with E-state index < -0.39 is 13.9 Å². The van der Waals surface area contributed by atoms with Crippen LogP contribution in [-0.2, 0) is 32.6 Å². The number of hydrogen-bond donors (Lipinski definition) is 1. The van der Waals surface area contributed by atoms with Crippen molar-refractivity contribution in [2.45, 2.75) is 83.7 Å². The molecule has 2 atom stereocenters. The predicted molar refractivity (Wildman–Crippen MR) is 120 cm³/mol. The second-order valence-electron chi connectivity index (χ2n) is 7.93. The van der Waals surface area contributed by atoms with Crippen molar-refractivity contribution < 1.29 is 37.5 Å². The fraction of sp³-hybridized carbons (Fsp3) is 1.00. The van der Waals surface area contributed by atoms with Gasteiger partial charge < -0.3 is 23.8 Å². The minimum atomic E-state index is -4.09. The smallest absolute Gasteiger partial charge is 0.379 e. The van der Waals surface area contributed by atoms with Crippen LogP contribution in [0.3, 0.4) is 0 Å². The van der Waals surface area contributed by atoms with Gasteiger partial charge in [0.1, 0.15) is 6.10 Å². The molecule has 0 aromatic heterocycles. The van der Waals surface area contributed by atoms with Crippen LogP contribution in [0.5, 0.6) is 0 Å². The second kappa shape index (κ2) is 20.5. The Hall–Kier alpha value is -0.0500. The zero-order valence-electron chi connectivity index (χ0n) is 19.5. The molecule has 0 aliphatic carbocycles. The van der Waals surface area contributed by atoms with Gasteiger partial charge in [-0.15, -0.1) is 0 Å². The average Bonchev–Trinajstić information content (AvgIpc) is 2.78. The van der Waals surface area contributed by atoms with Crippen molar-refractivity contribution >= 4 is 7.82 Å². The molecular weight excluding hydrogens is 423 g/mol. The number of phosphoric acid groups is 1. The van der Waals surface area contributed by atoms with Crippen molar-refractivity contribution in [3.63, 3.8) is 0 Å². The third-order valence-corrected chi connectivity index (χ3v) is 5.99. The summed E-state index contributed by atoms with van der Waals surface area (Å²) in [6, 6.07) is 0. The van der Waals surface area contributed by atoms with E-state index in [1.807, 2.05) is 0 Å². The van der Waals surface area contributed by atoms with E-state index in [-0.39, 0.29) is 19.8 Å². The molecule has 1 fully saturated rings. The zero-order valence-corrected chi connectivity index (χ0v) is 20.4. The number of phosphoric ester groups is 1. The summed E-state index contributed by atoms with van der Waals surface area (Å²) in [5, 5.41) is 0. The largest absolute Gasteiger partial charge is 0.472 e. The molecule has 0 bridgehead atoms. The van der Waals surface area contributed by atoms with Crippen LogP contribution >= 0.6 is 7.82 Å². The van der Waals surface area contributed by atoms with E-state index in [9.17, 15) is 9.46 Å². The Bertz CT molecular complexity index is 424. The maximum atomic E-state index is 12.1. The molecule has 0 aromatic carbocycles. The van der Waals surface area contributed by atoms with Crippen molar-refractivity contribution in [1.29, 1.82) is 0 Å². The number of rotatable bonds is 15. The molecule has 31 heavy (non-hydrogen) atoms. The lowest BCUT2D eigenvalue weighted by Gasteiger charge is -2.20. The van der Waals surface area contributed by atoms with Gasteiger partial charge in [0, 0.05) is 13.2 Å². The van der Waals surface area contributed by atoms with Gasteiger partial charge >= 0.3 is 7.82 Å². The summed E-state index contributed by atoms with van der Waals surface area (Å²) in [4.78, 5) is 9.90. The van der Waals surface area contributed by atoms with Crippen molar-refractivity contribution in [1.82, 2.24) is 0 Å². The number of ether oxygens (including phenoxy) is 4. The van der Waals surface area contributed by atoms with Crippen LogP contribution in [-0.4, -0.2) is 70.5 Å². The second-order valence-corrected chi connectivity index (χ2v) is 9.38. The first-order valence-corrected chi connectivity index (χ1v) is 13.6. The molecule has 0 saturated carbocycles. The Morgan fingerprint density at radius 2 is 1.35 bits per heavy atom. The third kappa shape index (κ3) is 19.2. The van der Waals surface area contributed by atoms with E-state index in [0.29, 0.717) is 39.6 Å². The Labute approximate surface area is 188 Å². The van der Waals surface area contributed by atoms with Gasteiger partial charge in [0.15, 0.2) is 0 Å². The summed E-state index contributed by atoms with van der Waals surface area (Å²) in [6.07, 6.45) is 12.3. The standard InChI is InChI=1S/C22H45O8P/c1-2-3-4-5-6-7-8-9-10-11-15-29-31(23,24)30-21-22-20-27-17-16-25-13-12-14-26-18-19-28-22/h22H,2-21H2,1H3,(H,23,24). The Balaban J connectivity index is 2.09. The quantitative estimate of drug-likeness (QED) is 0.269. The normalized spacial score (nSPS) is 21.5. The molecule has 186 valence electrons. The van der Waals surface area contributed by atoms with Crippen LogP contribution < -0.4 is 0 Å². The summed E-state index contributed by atoms with van der Waals surface area (Å²) >= 11 is 0. The highest BCUT2D eigenvalue weighted by molar-refractivity contribution is 7.47. The van der Waals surface area contributed by atoms with Gasteiger partial charge in [-0.1, -0.05) is 64.7 Å². The van der Waals surface area contributed by atoms with Crippen LogP contribution in [0.25, 0.3) is 0 Å². The average molecular weight is 469 g/mol. The molecule has 0 radical (unpaired) electrons. The van der Waals surface area contributed by atoms with Gasteiger partial charge in [-0.05, 0) is 12.8 Å². The van der Waals surface area contributed by atoms with Crippen molar-refractivity contribution in [2.24, 2.45) is 0 Å². The molecule has 1 N–H and O–H groups in total. The molecule has 0 aromatic rings. The molecule has 1 aliphatic heterocycles. The van der Waals surface area contributed by atoms with Gasteiger partial charge in [0.05, 0.1) is 46.2 Å². The van der Waals surface area contributed by atoms with Crippen LogP contribution in [0.1, 0.15) is 77.6 Å². The predicted octanol–water partition coefficient (Wildman–Crippen LogP) is 4.88. The summed E-state index contributed by atoms with van der Waals surface area (Å²) in [5.74, 6) is 0. The first kappa shape index (κ1) is 29.0. The summed E-state index contributed by atoms with van der Waals surface area (Å²) in [5.41, 5.74) is 0. The molecule has 2 unspecified atom stereocenters. The van der Waals surface area contributed by atoms with Gasteiger partial charge in [-0.25, -0.2) is 4.57 Å². The minimum absolute atomic E-state index is 0.0767. The lowest BCUT2D eigenvalue weighted by Crippen LogP contribution is -2.27. The maximum Gasteiger partial charge on any atom is 0.472 e. The highest BCUT2D eigenvalue weighted by Gasteiger charge is 2.23. The van der Waals surface area contributed by atoms with Crippen molar-refractivity contribution in [3.8, 4) is 0 Å². The van der Waals surface area contributed by atoms with Crippen molar-refractivity contribution in [3.05, 3.63) is 0 Å². The van der Waals surface area contributed by atoms with E-state index in [4.69, 9.17) is 28.0 Å². The minimum Gasteiger partial charge on any atom is -0.379 e. The molecule has 0 amide bonds. The van der Waals surface area contributed by atoms with Crippen LogP contribution in [0.4, 0.5) is 0 Å². The Morgan fingerprint density at radius 3 is 2.03 bits per heavy atom. The fourth-order valence-electron chi connectivity index (χ4n) is 3.20. The first-order valence-electron chi connectivity index (χ1n) is 12.1. The van der Waals surface area contributed by atoms with Crippen LogP contribution in [0.2, 0.25) is 0 Å². The van der Waals surface area contributed by atoms with Gasteiger partial charge in [0.2, 0.25) is 0 Å². The van der Waals surface area contributed by atoms with E-state index in [0.717, 1.165) is 25.7 Å². The fourth-order valence-corrected chi connectivity index (χ4v) is 3.99. The maximum absolute atomic E-state index is 12.1. The lowest BCUT2D eigenvalue weighted by molar-refractivity contribution is -0.0607. The molecule has 0 spiro atoms. The molecule has 1 aliphatic rings.